The molecule has 0 fully saturated rings. The minimum Gasteiger partial charge on any atom is -0.492 e. The Kier molecular flexibility index (Phi) is 6.10. The standard InChI is InChI=1S/C23H23NO3/c1-17(2)16-26-22-11-7-6-10-21(22)23(25)24-18-12-14-20(15-13-18)27-19-8-4-3-5-9-19/h3-15,17H,16H2,1-2H3,(H,24,25). The number of ether oxygens (including phenoxy) is 2. The van der Waals surface area contributed by atoms with E-state index in [1.54, 1.807) is 6.07 Å². The zero-order chi connectivity index (χ0) is 19.1. The average molecular weight is 361 g/mol. The van der Waals surface area contributed by atoms with Gasteiger partial charge in [0.1, 0.15) is 17.2 Å². The first-order chi connectivity index (χ1) is 13.1. The van der Waals surface area contributed by atoms with Crippen LogP contribution in [0.3, 0.4) is 0 Å². The van der Waals surface area contributed by atoms with Gasteiger partial charge >= 0.3 is 0 Å². The molecule has 0 spiro atoms. The van der Waals surface area contributed by atoms with Gasteiger partial charge in [0.15, 0.2) is 0 Å². The summed E-state index contributed by atoms with van der Waals surface area (Å²) in [7, 11) is 0. The Bertz CT molecular complexity index is 874. The molecule has 0 heterocycles. The second-order valence-electron chi connectivity index (χ2n) is 6.59. The summed E-state index contributed by atoms with van der Waals surface area (Å²) in [4.78, 5) is 12.6. The molecule has 0 unspecified atom stereocenters. The van der Waals surface area contributed by atoms with E-state index in [-0.39, 0.29) is 5.91 Å². The predicted molar refractivity (Wildman–Crippen MR) is 108 cm³/mol. The first-order valence-electron chi connectivity index (χ1n) is 8.98. The van der Waals surface area contributed by atoms with E-state index >= 15 is 0 Å². The van der Waals surface area contributed by atoms with E-state index < -0.39 is 0 Å². The molecular weight excluding hydrogens is 338 g/mol. The summed E-state index contributed by atoms with van der Waals surface area (Å²) in [6.45, 7) is 4.71. The number of carbonyl (C=O) groups is 1. The Hall–Kier alpha value is -3.27. The minimum absolute atomic E-state index is 0.203. The van der Waals surface area contributed by atoms with Crippen molar-refractivity contribution in [3.63, 3.8) is 0 Å². The molecule has 4 nitrogen and oxygen atoms in total. The van der Waals surface area contributed by atoms with E-state index in [0.717, 1.165) is 5.75 Å². The van der Waals surface area contributed by atoms with E-state index in [0.29, 0.717) is 35.3 Å². The highest BCUT2D eigenvalue weighted by Crippen LogP contribution is 2.24. The summed E-state index contributed by atoms with van der Waals surface area (Å²) in [5.41, 5.74) is 1.21. The Morgan fingerprint density at radius 2 is 1.48 bits per heavy atom. The molecule has 138 valence electrons. The first kappa shape index (κ1) is 18.5. The van der Waals surface area contributed by atoms with Gasteiger partial charge in [0.25, 0.3) is 5.91 Å². The molecule has 0 radical (unpaired) electrons. The van der Waals surface area contributed by atoms with E-state index in [4.69, 9.17) is 9.47 Å². The molecule has 4 heteroatoms. The number of nitrogens with one attached hydrogen (secondary N) is 1. The largest absolute Gasteiger partial charge is 0.492 e. The number of amides is 1. The molecule has 3 rings (SSSR count). The van der Waals surface area contributed by atoms with Crippen LogP contribution in [0.4, 0.5) is 5.69 Å². The van der Waals surface area contributed by atoms with E-state index in [1.807, 2.05) is 72.8 Å². The molecule has 1 amide bonds. The Labute approximate surface area is 159 Å². The molecule has 0 atom stereocenters. The van der Waals surface area contributed by atoms with Crippen LogP contribution in [0.1, 0.15) is 24.2 Å². The zero-order valence-electron chi connectivity index (χ0n) is 15.5. The van der Waals surface area contributed by atoms with Crippen molar-refractivity contribution in [1.29, 1.82) is 0 Å². The van der Waals surface area contributed by atoms with Gasteiger partial charge in [-0.05, 0) is 54.4 Å². The summed E-state index contributed by atoms with van der Waals surface area (Å²) >= 11 is 0. The number of anilines is 1. The summed E-state index contributed by atoms with van der Waals surface area (Å²) in [6, 6.07) is 24.1. The summed E-state index contributed by atoms with van der Waals surface area (Å²) in [6.07, 6.45) is 0. The summed E-state index contributed by atoms with van der Waals surface area (Å²) in [5, 5.41) is 2.90. The van der Waals surface area contributed by atoms with E-state index in [9.17, 15) is 4.79 Å². The van der Waals surface area contributed by atoms with Crippen LogP contribution in [0.15, 0.2) is 78.9 Å². The molecule has 0 saturated heterocycles. The average Bonchev–Trinajstić information content (AvgIpc) is 2.69. The number of hydrogen-bond donors (Lipinski definition) is 1. The number of carbonyl (C=O) groups excluding carboxylic acids is 1. The fourth-order valence-electron chi connectivity index (χ4n) is 2.47. The highest BCUT2D eigenvalue weighted by Gasteiger charge is 2.13. The van der Waals surface area contributed by atoms with Gasteiger partial charge in [-0.15, -0.1) is 0 Å². The van der Waals surface area contributed by atoms with Crippen LogP contribution >= 0.6 is 0 Å². The molecule has 3 aromatic carbocycles. The van der Waals surface area contributed by atoms with Crippen molar-refractivity contribution in [2.45, 2.75) is 13.8 Å². The number of benzene rings is 3. The third-order valence-electron chi connectivity index (χ3n) is 3.79. The lowest BCUT2D eigenvalue weighted by molar-refractivity contribution is 0.102. The lowest BCUT2D eigenvalue weighted by Crippen LogP contribution is -2.14. The number of hydrogen-bond acceptors (Lipinski definition) is 3. The fraction of sp³-hybridized carbons (Fsp3) is 0.174. The van der Waals surface area contributed by atoms with Crippen LogP contribution in [-0.4, -0.2) is 12.5 Å². The second kappa shape index (κ2) is 8.90. The van der Waals surface area contributed by atoms with Crippen molar-refractivity contribution < 1.29 is 14.3 Å². The third kappa shape index (κ3) is 5.35. The maximum atomic E-state index is 12.6. The predicted octanol–water partition coefficient (Wildman–Crippen LogP) is 5.77. The van der Waals surface area contributed by atoms with Gasteiger partial charge in [-0.1, -0.05) is 44.2 Å². The normalized spacial score (nSPS) is 10.5. The maximum Gasteiger partial charge on any atom is 0.259 e. The van der Waals surface area contributed by atoms with Crippen molar-refractivity contribution in [3.8, 4) is 17.2 Å². The van der Waals surface area contributed by atoms with Crippen LogP contribution in [0.25, 0.3) is 0 Å². The van der Waals surface area contributed by atoms with Crippen molar-refractivity contribution in [2.24, 2.45) is 5.92 Å². The zero-order valence-corrected chi connectivity index (χ0v) is 15.5. The van der Waals surface area contributed by atoms with Crippen LogP contribution in [0.2, 0.25) is 0 Å². The quantitative estimate of drug-likeness (QED) is 0.581. The van der Waals surface area contributed by atoms with Gasteiger partial charge in [0, 0.05) is 5.69 Å². The molecule has 0 aliphatic heterocycles. The molecule has 0 aromatic heterocycles. The van der Waals surface area contributed by atoms with Gasteiger partial charge < -0.3 is 14.8 Å². The van der Waals surface area contributed by atoms with Crippen LogP contribution in [-0.2, 0) is 0 Å². The third-order valence-corrected chi connectivity index (χ3v) is 3.79. The molecular formula is C23H23NO3. The molecule has 0 saturated carbocycles. The number of rotatable bonds is 7. The monoisotopic (exact) mass is 361 g/mol. The Balaban J connectivity index is 1.66. The van der Waals surface area contributed by atoms with Crippen molar-refractivity contribution in [3.05, 3.63) is 84.4 Å². The summed E-state index contributed by atoms with van der Waals surface area (Å²) in [5.74, 6) is 2.25. The summed E-state index contributed by atoms with van der Waals surface area (Å²) < 4.78 is 11.5. The van der Waals surface area contributed by atoms with Crippen molar-refractivity contribution >= 4 is 11.6 Å². The lowest BCUT2D eigenvalue weighted by Gasteiger charge is -2.13. The topological polar surface area (TPSA) is 47.6 Å². The Morgan fingerprint density at radius 3 is 2.19 bits per heavy atom. The molecule has 27 heavy (non-hydrogen) atoms. The van der Waals surface area contributed by atoms with Crippen LogP contribution in [0.5, 0.6) is 17.2 Å². The van der Waals surface area contributed by atoms with Crippen LogP contribution in [0, 0.1) is 5.92 Å². The molecule has 1 N–H and O–H groups in total. The lowest BCUT2D eigenvalue weighted by atomic mass is 10.1. The second-order valence-corrected chi connectivity index (χ2v) is 6.59. The molecule has 0 bridgehead atoms. The van der Waals surface area contributed by atoms with Crippen LogP contribution < -0.4 is 14.8 Å². The SMILES string of the molecule is CC(C)COc1ccccc1C(=O)Nc1ccc(Oc2ccccc2)cc1. The maximum absolute atomic E-state index is 12.6. The fourth-order valence-corrected chi connectivity index (χ4v) is 2.47. The number of para-hydroxylation sites is 2. The van der Waals surface area contributed by atoms with Gasteiger partial charge in [0.2, 0.25) is 0 Å². The molecule has 3 aromatic rings. The van der Waals surface area contributed by atoms with E-state index in [2.05, 4.69) is 19.2 Å². The van der Waals surface area contributed by atoms with Crippen molar-refractivity contribution in [2.75, 3.05) is 11.9 Å². The van der Waals surface area contributed by atoms with Gasteiger partial charge in [-0.25, -0.2) is 0 Å². The highest BCUT2D eigenvalue weighted by molar-refractivity contribution is 6.06. The highest BCUT2D eigenvalue weighted by atomic mass is 16.5. The van der Waals surface area contributed by atoms with Gasteiger partial charge in [-0.3, -0.25) is 4.79 Å². The molecule has 0 aliphatic carbocycles. The first-order valence-corrected chi connectivity index (χ1v) is 8.98. The Morgan fingerprint density at radius 1 is 0.852 bits per heavy atom. The minimum atomic E-state index is -0.203. The van der Waals surface area contributed by atoms with Crippen molar-refractivity contribution in [1.82, 2.24) is 0 Å². The van der Waals surface area contributed by atoms with Gasteiger partial charge in [-0.2, -0.15) is 0 Å². The smallest absolute Gasteiger partial charge is 0.259 e. The van der Waals surface area contributed by atoms with Gasteiger partial charge in [0.05, 0.1) is 12.2 Å². The molecule has 0 aliphatic rings. The van der Waals surface area contributed by atoms with E-state index in [1.165, 1.54) is 0 Å².